The Labute approximate surface area is 139 Å². The summed E-state index contributed by atoms with van der Waals surface area (Å²) in [5.41, 5.74) is -0.129. The van der Waals surface area contributed by atoms with Crippen molar-refractivity contribution in [3.05, 3.63) is 40.3 Å². The van der Waals surface area contributed by atoms with Gasteiger partial charge < -0.3 is 9.15 Å². The number of ether oxygens (including phenoxy) is 1. The van der Waals surface area contributed by atoms with E-state index in [1.165, 1.54) is 17.8 Å². The number of aromatic nitrogens is 2. The second-order valence-electron chi connectivity index (χ2n) is 3.81. The summed E-state index contributed by atoms with van der Waals surface area (Å²) in [6, 6.07) is 5.16. The summed E-state index contributed by atoms with van der Waals surface area (Å²) >= 11 is 4.58. The van der Waals surface area contributed by atoms with Gasteiger partial charge in [-0.2, -0.15) is 5.26 Å². The monoisotopic (exact) mass is 379 g/mol. The van der Waals surface area contributed by atoms with Crippen LogP contribution in [0.4, 0.5) is 0 Å². The molecule has 0 N–H and O–H groups in total. The molecule has 0 atom stereocenters. The van der Waals surface area contributed by atoms with Gasteiger partial charge in [-0.15, -0.1) is 0 Å². The minimum Gasteiger partial charge on any atom is -0.462 e. The molecule has 0 fully saturated rings. The Hall–Kier alpha value is -2.11. The third-order valence-electron chi connectivity index (χ3n) is 2.30. The van der Waals surface area contributed by atoms with Crippen molar-refractivity contribution in [3.8, 4) is 6.07 Å². The Morgan fingerprint density at radius 3 is 2.91 bits per heavy atom. The maximum atomic E-state index is 11.6. The zero-order valence-corrected chi connectivity index (χ0v) is 13.8. The van der Waals surface area contributed by atoms with Gasteiger partial charge in [0.2, 0.25) is 0 Å². The predicted molar refractivity (Wildman–Crippen MR) is 82.8 cm³/mol. The fourth-order valence-corrected chi connectivity index (χ4v) is 2.66. The van der Waals surface area contributed by atoms with Crippen LogP contribution in [0.15, 0.2) is 49.2 Å². The summed E-state index contributed by atoms with van der Waals surface area (Å²) in [7, 11) is 0. The number of rotatable bonds is 5. The fourth-order valence-electron chi connectivity index (χ4n) is 1.42. The molecule has 0 bridgehead atoms. The standard InChI is InChI=1S/C14H10BrN3O3S/c1-2-20-12(19)9(8-16)6-10-7-11(15)13(21-10)22-14-17-4-3-5-18-14/h3-7H,2H2,1H3/b9-6+. The molecule has 22 heavy (non-hydrogen) atoms. The van der Waals surface area contributed by atoms with Gasteiger partial charge in [0.1, 0.15) is 17.4 Å². The summed E-state index contributed by atoms with van der Waals surface area (Å²) in [4.78, 5) is 19.7. The van der Waals surface area contributed by atoms with Gasteiger partial charge in [0.15, 0.2) is 10.2 Å². The van der Waals surface area contributed by atoms with Gasteiger partial charge >= 0.3 is 5.97 Å². The van der Waals surface area contributed by atoms with Crippen LogP contribution >= 0.6 is 27.7 Å². The minimum atomic E-state index is -0.682. The van der Waals surface area contributed by atoms with Crippen LogP contribution in [0.2, 0.25) is 0 Å². The molecule has 8 heteroatoms. The van der Waals surface area contributed by atoms with Gasteiger partial charge in [0.25, 0.3) is 0 Å². The lowest BCUT2D eigenvalue weighted by atomic mass is 10.2. The highest BCUT2D eigenvalue weighted by atomic mass is 79.9. The normalized spacial score (nSPS) is 11.0. The molecule has 112 valence electrons. The first-order chi connectivity index (χ1) is 10.6. The van der Waals surface area contributed by atoms with Crippen LogP contribution in [0.3, 0.4) is 0 Å². The van der Waals surface area contributed by atoms with Crippen molar-refractivity contribution in [2.24, 2.45) is 0 Å². The average Bonchev–Trinajstić information content (AvgIpc) is 2.86. The number of hydrogen-bond acceptors (Lipinski definition) is 7. The van der Waals surface area contributed by atoms with Gasteiger partial charge in [0.05, 0.1) is 11.1 Å². The van der Waals surface area contributed by atoms with E-state index in [-0.39, 0.29) is 12.2 Å². The first-order valence-corrected chi connectivity index (χ1v) is 7.78. The Bertz CT molecular complexity index is 738. The van der Waals surface area contributed by atoms with E-state index in [4.69, 9.17) is 14.4 Å². The number of carbonyl (C=O) groups is 1. The zero-order valence-electron chi connectivity index (χ0n) is 11.4. The van der Waals surface area contributed by atoms with Gasteiger partial charge in [-0.25, -0.2) is 14.8 Å². The smallest absolute Gasteiger partial charge is 0.349 e. The number of nitriles is 1. The lowest BCUT2D eigenvalue weighted by Crippen LogP contribution is -2.05. The second kappa shape index (κ2) is 7.77. The summed E-state index contributed by atoms with van der Waals surface area (Å²) in [6.07, 6.45) is 4.59. The third kappa shape index (κ3) is 4.19. The molecule has 0 aliphatic heterocycles. The van der Waals surface area contributed by atoms with Crippen molar-refractivity contribution in [2.75, 3.05) is 6.61 Å². The SMILES string of the molecule is CCOC(=O)/C(C#N)=C/c1cc(Br)c(Sc2ncccn2)o1. The molecule has 0 spiro atoms. The van der Waals surface area contributed by atoms with Crippen LogP contribution in [0.25, 0.3) is 6.08 Å². The summed E-state index contributed by atoms with van der Waals surface area (Å²) in [5, 5.41) is 10.1. The van der Waals surface area contributed by atoms with E-state index in [2.05, 4.69) is 25.9 Å². The Balaban J connectivity index is 2.22. The van der Waals surface area contributed by atoms with Gasteiger partial charge in [-0.3, -0.25) is 0 Å². The molecule has 0 aromatic carbocycles. The number of furan rings is 1. The lowest BCUT2D eigenvalue weighted by molar-refractivity contribution is -0.137. The largest absolute Gasteiger partial charge is 0.462 e. The van der Waals surface area contributed by atoms with E-state index in [0.717, 1.165) is 0 Å². The van der Waals surface area contributed by atoms with E-state index < -0.39 is 5.97 Å². The minimum absolute atomic E-state index is 0.129. The van der Waals surface area contributed by atoms with Crippen molar-refractivity contribution in [2.45, 2.75) is 17.2 Å². The molecule has 0 unspecified atom stereocenters. The highest BCUT2D eigenvalue weighted by Crippen LogP contribution is 2.34. The molecule has 0 saturated carbocycles. The summed E-state index contributed by atoms with van der Waals surface area (Å²) in [5.74, 6) is -0.326. The van der Waals surface area contributed by atoms with E-state index in [9.17, 15) is 4.79 Å². The van der Waals surface area contributed by atoms with Crippen molar-refractivity contribution in [1.29, 1.82) is 5.26 Å². The maximum absolute atomic E-state index is 11.6. The molecule has 6 nitrogen and oxygen atoms in total. The first kappa shape index (κ1) is 16.3. The highest BCUT2D eigenvalue weighted by Gasteiger charge is 2.14. The van der Waals surface area contributed by atoms with Gasteiger partial charge in [-0.05, 0) is 46.7 Å². The maximum Gasteiger partial charge on any atom is 0.349 e. The number of halogens is 1. The zero-order chi connectivity index (χ0) is 15.9. The molecule has 2 rings (SSSR count). The number of nitrogens with zero attached hydrogens (tertiary/aromatic N) is 3. The Morgan fingerprint density at radius 1 is 1.55 bits per heavy atom. The first-order valence-electron chi connectivity index (χ1n) is 6.17. The molecule has 0 amide bonds. The lowest BCUT2D eigenvalue weighted by Gasteiger charge is -1.98. The molecule has 0 aliphatic rings. The second-order valence-corrected chi connectivity index (χ2v) is 5.60. The van der Waals surface area contributed by atoms with Crippen LogP contribution < -0.4 is 0 Å². The summed E-state index contributed by atoms with van der Waals surface area (Å²) in [6.45, 7) is 1.87. The Kier molecular flexibility index (Phi) is 5.75. The predicted octanol–water partition coefficient (Wildman–Crippen LogP) is 3.45. The van der Waals surface area contributed by atoms with Crippen LogP contribution in [-0.4, -0.2) is 22.5 Å². The highest BCUT2D eigenvalue weighted by molar-refractivity contribution is 9.10. The molecule has 2 heterocycles. The van der Waals surface area contributed by atoms with E-state index in [1.54, 1.807) is 37.5 Å². The van der Waals surface area contributed by atoms with Crippen molar-refractivity contribution >= 4 is 39.7 Å². The van der Waals surface area contributed by atoms with Crippen LogP contribution in [0, 0.1) is 11.3 Å². The number of carbonyl (C=O) groups excluding carboxylic acids is 1. The molecule has 0 saturated heterocycles. The quantitative estimate of drug-likeness (QED) is 0.340. The van der Waals surface area contributed by atoms with Crippen molar-refractivity contribution in [3.63, 3.8) is 0 Å². The van der Waals surface area contributed by atoms with Gasteiger partial charge in [-0.1, -0.05) is 0 Å². The fraction of sp³-hybridized carbons (Fsp3) is 0.143. The van der Waals surface area contributed by atoms with E-state index in [0.29, 0.717) is 20.5 Å². The van der Waals surface area contributed by atoms with Crippen LogP contribution in [0.1, 0.15) is 12.7 Å². The van der Waals surface area contributed by atoms with Crippen LogP contribution in [-0.2, 0) is 9.53 Å². The molecular weight excluding hydrogens is 370 g/mol. The molecule has 2 aromatic rings. The van der Waals surface area contributed by atoms with Gasteiger partial charge in [0, 0.05) is 18.5 Å². The Morgan fingerprint density at radius 2 is 2.27 bits per heavy atom. The van der Waals surface area contributed by atoms with Crippen molar-refractivity contribution in [1.82, 2.24) is 9.97 Å². The third-order valence-corrected chi connectivity index (χ3v) is 4.04. The molecule has 0 radical (unpaired) electrons. The number of hydrogen-bond donors (Lipinski definition) is 0. The number of esters is 1. The van der Waals surface area contributed by atoms with Crippen molar-refractivity contribution < 1.29 is 13.9 Å². The van der Waals surface area contributed by atoms with Crippen LogP contribution in [0.5, 0.6) is 0 Å². The summed E-state index contributed by atoms with van der Waals surface area (Å²) < 4.78 is 11.0. The molecular formula is C14H10BrN3O3S. The average molecular weight is 380 g/mol. The molecule has 2 aromatic heterocycles. The molecule has 0 aliphatic carbocycles. The van der Waals surface area contributed by atoms with E-state index >= 15 is 0 Å². The van der Waals surface area contributed by atoms with E-state index in [1.807, 2.05) is 0 Å². The topological polar surface area (TPSA) is 89.0 Å².